The molecule has 2 aromatic rings. The van der Waals surface area contributed by atoms with Crippen molar-refractivity contribution in [1.82, 2.24) is 9.88 Å². The van der Waals surface area contributed by atoms with Crippen molar-refractivity contribution in [2.75, 3.05) is 13.1 Å². The first-order chi connectivity index (χ1) is 8.83. The van der Waals surface area contributed by atoms with Gasteiger partial charge in [-0.2, -0.15) is 0 Å². The number of unbranched alkanes of at least 4 members (excludes halogenated alkanes) is 1. The van der Waals surface area contributed by atoms with E-state index < -0.39 is 0 Å². The van der Waals surface area contributed by atoms with E-state index in [2.05, 4.69) is 63.2 Å². The summed E-state index contributed by atoms with van der Waals surface area (Å²) in [5, 5.41) is 4.75. The lowest BCUT2D eigenvalue weighted by molar-refractivity contribution is 0.574. The van der Waals surface area contributed by atoms with Gasteiger partial charge in [0, 0.05) is 28.1 Å². The van der Waals surface area contributed by atoms with Gasteiger partial charge in [0.2, 0.25) is 0 Å². The topological polar surface area (TPSA) is 17.0 Å². The summed E-state index contributed by atoms with van der Waals surface area (Å²) in [6, 6.07) is 8.58. The summed E-state index contributed by atoms with van der Waals surface area (Å²) in [6.45, 7) is 5.58. The summed E-state index contributed by atoms with van der Waals surface area (Å²) >= 11 is 3.60. The van der Waals surface area contributed by atoms with Crippen molar-refractivity contribution in [3.05, 3.63) is 34.9 Å². The maximum Gasteiger partial charge on any atom is 0.0491 e. The molecular formula is C15H21BrN2. The summed E-state index contributed by atoms with van der Waals surface area (Å²) in [4.78, 5) is 0. The highest BCUT2D eigenvalue weighted by Gasteiger charge is 2.02. The number of fused-ring (bicyclic) bond motifs is 1. The summed E-state index contributed by atoms with van der Waals surface area (Å²) in [5.74, 6) is 0. The van der Waals surface area contributed by atoms with Gasteiger partial charge in [-0.15, -0.1) is 0 Å². The zero-order valence-corrected chi connectivity index (χ0v) is 12.5. The smallest absolute Gasteiger partial charge is 0.0491 e. The number of nitrogens with zero attached hydrogens (tertiary/aromatic N) is 1. The molecule has 1 aromatic carbocycles. The highest BCUT2D eigenvalue weighted by Crippen LogP contribution is 2.24. The summed E-state index contributed by atoms with van der Waals surface area (Å²) in [7, 11) is 0. The zero-order chi connectivity index (χ0) is 12.8. The third-order valence-corrected chi connectivity index (χ3v) is 3.88. The molecule has 0 aliphatic rings. The molecule has 0 unspecified atom stereocenters. The summed E-state index contributed by atoms with van der Waals surface area (Å²) < 4.78 is 3.53. The van der Waals surface area contributed by atoms with E-state index in [1.165, 1.54) is 34.6 Å². The molecule has 0 fully saturated rings. The minimum absolute atomic E-state index is 1.10. The quantitative estimate of drug-likeness (QED) is 0.759. The van der Waals surface area contributed by atoms with Gasteiger partial charge in [-0.05, 0) is 50.6 Å². The number of aryl methyl sites for hydroxylation is 1. The molecule has 0 spiro atoms. The Morgan fingerprint density at radius 1 is 1.17 bits per heavy atom. The van der Waals surface area contributed by atoms with Crippen molar-refractivity contribution in [2.24, 2.45) is 0 Å². The van der Waals surface area contributed by atoms with Gasteiger partial charge in [0.25, 0.3) is 0 Å². The number of aromatic nitrogens is 1. The van der Waals surface area contributed by atoms with Crippen LogP contribution in [0.15, 0.2) is 34.9 Å². The van der Waals surface area contributed by atoms with E-state index in [1.807, 2.05) is 0 Å². The zero-order valence-electron chi connectivity index (χ0n) is 11.0. The molecule has 0 radical (unpaired) electrons. The Bertz CT molecular complexity index is 490. The van der Waals surface area contributed by atoms with E-state index in [0.717, 1.165) is 19.6 Å². The monoisotopic (exact) mass is 308 g/mol. The predicted molar refractivity (Wildman–Crippen MR) is 82.0 cm³/mol. The van der Waals surface area contributed by atoms with Crippen molar-refractivity contribution in [3.63, 3.8) is 0 Å². The number of hydrogen-bond donors (Lipinski definition) is 1. The van der Waals surface area contributed by atoms with Crippen molar-refractivity contribution in [1.29, 1.82) is 0 Å². The Kier molecular flexibility index (Phi) is 5.26. The molecule has 0 aliphatic heterocycles. The predicted octanol–water partition coefficient (Wildman–Crippen LogP) is 4.18. The second-order valence-corrected chi connectivity index (χ2v) is 5.49. The third kappa shape index (κ3) is 3.36. The van der Waals surface area contributed by atoms with Gasteiger partial charge in [-0.1, -0.05) is 28.9 Å². The molecule has 98 valence electrons. The molecule has 2 nitrogen and oxygen atoms in total. The van der Waals surface area contributed by atoms with Crippen molar-refractivity contribution < 1.29 is 0 Å². The molecule has 0 aliphatic carbocycles. The molecule has 0 bridgehead atoms. The van der Waals surface area contributed by atoms with E-state index in [9.17, 15) is 0 Å². The first kappa shape index (κ1) is 13.6. The Labute approximate surface area is 118 Å². The number of nitrogens with one attached hydrogen (secondary N) is 1. The second kappa shape index (κ2) is 6.95. The highest BCUT2D eigenvalue weighted by molar-refractivity contribution is 9.10. The van der Waals surface area contributed by atoms with Crippen molar-refractivity contribution in [2.45, 2.75) is 32.7 Å². The summed E-state index contributed by atoms with van der Waals surface area (Å²) in [6.07, 6.45) is 5.88. The van der Waals surface area contributed by atoms with Gasteiger partial charge in [-0.3, -0.25) is 0 Å². The fourth-order valence-electron chi connectivity index (χ4n) is 2.21. The fourth-order valence-corrected chi connectivity index (χ4v) is 2.70. The molecule has 1 heterocycles. The third-order valence-electron chi connectivity index (χ3n) is 3.19. The van der Waals surface area contributed by atoms with E-state index in [4.69, 9.17) is 0 Å². The molecular weight excluding hydrogens is 288 g/mol. The number of hydrogen-bond acceptors (Lipinski definition) is 1. The Hall–Kier alpha value is -0.800. The number of benzene rings is 1. The fraction of sp³-hybridized carbons (Fsp3) is 0.467. The van der Waals surface area contributed by atoms with E-state index in [1.54, 1.807) is 0 Å². The summed E-state index contributed by atoms with van der Waals surface area (Å²) in [5.41, 5.74) is 1.32. The lowest BCUT2D eigenvalue weighted by atomic mass is 10.2. The Morgan fingerprint density at radius 2 is 2.06 bits per heavy atom. The van der Waals surface area contributed by atoms with Crippen molar-refractivity contribution >= 4 is 26.8 Å². The Balaban J connectivity index is 1.86. The van der Waals surface area contributed by atoms with Crippen LogP contribution in [0.4, 0.5) is 0 Å². The van der Waals surface area contributed by atoms with Gasteiger partial charge in [0.1, 0.15) is 0 Å². The molecule has 0 amide bonds. The van der Waals surface area contributed by atoms with Crippen LogP contribution >= 0.6 is 15.9 Å². The molecule has 18 heavy (non-hydrogen) atoms. The highest BCUT2D eigenvalue weighted by atomic mass is 79.9. The SMILES string of the molecule is CCCNCCCCn1ccc2c(Br)cccc21. The standard InChI is InChI=1S/C15H21BrN2/c1-2-9-17-10-3-4-11-18-12-8-13-14(16)6-5-7-15(13)18/h5-8,12,17H,2-4,9-11H2,1H3. The maximum atomic E-state index is 3.60. The minimum atomic E-state index is 1.10. The lowest BCUT2D eigenvalue weighted by Gasteiger charge is -2.06. The average molecular weight is 309 g/mol. The molecule has 2 rings (SSSR count). The largest absolute Gasteiger partial charge is 0.347 e. The van der Waals surface area contributed by atoms with Crippen LogP contribution in [0.2, 0.25) is 0 Å². The van der Waals surface area contributed by atoms with Crippen molar-refractivity contribution in [3.8, 4) is 0 Å². The van der Waals surface area contributed by atoms with Gasteiger partial charge in [0.05, 0.1) is 0 Å². The van der Waals surface area contributed by atoms with Crippen LogP contribution in [0, 0.1) is 0 Å². The minimum Gasteiger partial charge on any atom is -0.347 e. The van der Waals surface area contributed by atoms with E-state index >= 15 is 0 Å². The molecule has 1 N–H and O–H groups in total. The van der Waals surface area contributed by atoms with Crippen LogP contribution in [-0.2, 0) is 6.54 Å². The molecule has 0 saturated carbocycles. The van der Waals surface area contributed by atoms with E-state index in [0.29, 0.717) is 0 Å². The van der Waals surface area contributed by atoms with E-state index in [-0.39, 0.29) is 0 Å². The molecule has 0 atom stereocenters. The second-order valence-electron chi connectivity index (χ2n) is 4.64. The number of halogens is 1. The normalized spacial score (nSPS) is 11.2. The number of rotatable bonds is 7. The van der Waals surface area contributed by atoms with Crippen LogP contribution in [0.5, 0.6) is 0 Å². The van der Waals surface area contributed by atoms with Crippen LogP contribution < -0.4 is 5.32 Å². The van der Waals surface area contributed by atoms with Gasteiger partial charge >= 0.3 is 0 Å². The average Bonchev–Trinajstić information content (AvgIpc) is 2.79. The van der Waals surface area contributed by atoms with Crippen LogP contribution in [0.3, 0.4) is 0 Å². The van der Waals surface area contributed by atoms with Crippen LogP contribution in [0.25, 0.3) is 10.9 Å². The van der Waals surface area contributed by atoms with Gasteiger partial charge < -0.3 is 9.88 Å². The van der Waals surface area contributed by atoms with Gasteiger partial charge in [-0.25, -0.2) is 0 Å². The van der Waals surface area contributed by atoms with Crippen LogP contribution in [0.1, 0.15) is 26.2 Å². The van der Waals surface area contributed by atoms with Crippen LogP contribution in [-0.4, -0.2) is 17.7 Å². The first-order valence-corrected chi connectivity index (χ1v) is 7.56. The molecule has 3 heteroatoms. The Morgan fingerprint density at radius 3 is 2.89 bits per heavy atom. The maximum absolute atomic E-state index is 3.60. The lowest BCUT2D eigenvalue weighted by Crippen LogP contribution is -2.16. The molecule has 0 saturated heterocycles. The first-order valence-electron chi connectivity index (χ1n) is 6.77. The van der Waals surface area contributed by atoms with Gasteiger partial charge in [0.15, 0.2) is 0 Å². The molecule has 1 aromatic heterocycles.